The summed E-state index contributed by atoms with van der Waals surface area (Å²) in [5, 5.41) is 6.75. The number of fused-ring (bicyclic) bond motifs is 1. The van der Waals surface area contributed by atoms with Crippen LogP contribution >= 0.6 is 11.8 Å². The van der Waals surface area contributed by atoms with Crippen molar-refractivity contribution in [1.82, 2.24) is 10.3 Å². The fourth-order valence-corrected chi connectivity index (χ4v) is 4.78. The van der Waals surface area contributed by atoms with Crippen molar-refractivity contribution in [3.05, 3.63) is 82.5 Å². The molecule has 0 saturated heterocycles. The fraction of sp³-hybridized carbons (Fsp3) is 0.240. The van der Waals surface area contributed by atoms with Gasteiger partial charge in [-0.1, -0.05) is 35.9 Å². The third kappa shape index (κ3) is 4.94. The van der Waals surface area contributed by atoms with Crippen molar-refractivity contribution in [3.63, 3.8) is 0 Å². The number of carbonyl (C=O) groups excluding carboxylic acids is 2. The number of urea groups is 1. The van der Waals surface area contributed by atoms with E-state index in [9.17, 15) is 9.59 Å². The average Bonchev–Trinajstić information content (AvgIpc) is 2.78. The zero-order valence-corrected chi connectivity index (χ0v) is 19.3. The summed E-state index contributed by atoms with van der Waals surface area (Å²) in [4.78, 5) is 32.0. The lowest BCUT2D eigenvalue weighted by atomic mass is 10.1. The molecule has 0 saturated carbocycles. The molecular weight excluding hydrogens is 420 g/mol. The van der Waals surface area contributed by atoms with E-state index in [1.807, 2.05) is 51.1 Å². The molecule has 2 N–H and O–H groups in total. The molecule has 2 aromatic carbocycles. The second kappa shape index (κ2) is 9.44. The van der Waals surface area contributed by atoms with Gasteiger partial charge in [0.1, 0.15) is 5.03 Å². The number of benzene rings is 2. The normalized spacial score (nSPS) is 12.8. The monoisotopic (exact) mass is 446 g/mol. The quantitative estimate of drug-likeness (QED) is 0.586. The smallest absolute Gasteiger partial charge is 0.326 e. The summed E-state index contributed by atoms with van der Waals surface area (Å²) in [6.45, 7) is 7.04. The molecule has 1 aliphatic rings. The molecule has 7 heteroatoms. The van der Waals surface area contributed by atoms with Gasteiger partial charge in [-0.05, 0) is 56.2 Å². The van der Waals surface area contributed by atoms with Gasteiger partial charge >= 0.3 is 6.03 Å². The minimum Gasteiger partial charge on any atom is -0.348 e. The van der Waals surface area contributed by atoms with Crippen molar-refractivity contribution in [2.75, 3.05) is 22.5 Å². The Hall–Kier alpha value is -3.32. The Bertz CT molecular complexity index is 1160. The van der Waals surface area contributed by atoms with Crippen molar-refractivity contribution in [1.29, 1.82) is 0 Å². The van der Waals surface area contributed by atoms with Crippen LogP contribution in [0.3, 0.4) is 0 Å². The molecule has 0 radical (unpaired) electrons. The Labute approximate surface area is 192 Å². The van der Waals surface area contributed by atoms with E-state index in [-0.39, 0.29) is 11.9 Å². The first kappa shape index (κ1) is 21.9. The van der Waals surface area contributed by atoms with Crippen LogP contribution in [0.1, 0.15) is 32.7 Å². The fourth-order valence-electron chi connectivity index (χ4n) is 3.69. The van der Waals surface area contributed by atoms with E-state index >= 15 is 0 Å². The average molecular weight is 447 g/mol. The predicted octanol–water partition coefficient (Wildman–Crippen LogP) is 5.08. The van der Waals surface area contributed by atoms with Gasteiger partial charge in [0, 0.05) is 35.8 Å². The van der Waals surface area contributed by atoms with Crippen molar-refractivity contribution < 1.29 is 9.59 Å². The lowest BCUT2D eigenvalue weighted by molar-refractivity contribution is 0.0951. The summed E-state index contributed by atoms with van der Waals surface area (Å²) < 4.78 is 0. The van der Waals surface area contributed by atoms with Crippen LogP contribution in [0.5, 0.6) is 0 Å². The van der Waals surface area contributed by atoms with Crippen LogP contribution in [0.4, 0.5) is 16.2 Å². The molecule has 3 aromatic rings. The topological polar surface area (TPSA) is 74.3 Å². The predicted molar refractivity (Wildman–Crippen MR) is 130 cm³/mol. The SMILES string of the molecule is Cc1ccc(CNC(=O)c2cccc(NC(=O)N3CCSc4nc(C)cc(C)c43)c2)cc1. The third-order valence-electron chi connectivity index (χ3n) is 5.30. The van der Waals surface area contributed by atoms with Gasteiger partial charge in [0.05, 0.1) is 5.69 Å². The highest BCUT2D eigenvalue weighted by Gasteiger charge is 2.26. The van der Waals surface area contributed by atoms with Gasteiger partial charge in [-0.25, -0.2) is 9.78 Å². The molecule has 1 aliphatic heterocycles. The summed E-state index contributed by atoms with van der Waals surface area (Å²) in [6, 6.07) is 16.8. The number of pyridine rings is 1. The van der Waals surface area contributed by atoms with Gasteiger partial charge in [-0.15, -0.1) is 11.8 Å². The first-order chi connectivity index (χ1) is 15.4. The molecule has 2 heterocycles. The lowest BCUT2D eigenvalue weighted by Gasteiger charge is -2.30. The van der Waals surface area contributed by atoms with Crippen molar-refractivity contribution in [2.24, 2.45) is 0 Å². The molecule has 1 aromatic heterocycles. The van der Waals surface area contributed by atoms with Crippen molar-refractivity contribution in [3.8, 4) is 0 Å². The molecule has 164 valence electrons. The van der Waals surface area contributed by atoms with Gasteiger partial charge in [0.2, 0.25) is 0 Å². The maximum atomic E-state index is 13.1. The Balaban J connectivity index is 1.45. The number of rotatable bonds is 4. The number of thioether (sulfide) groups is 1. The zero-order chi connectivity index (χ0) is 22.7. The lowest BCUT2D eigenvalue weighted by Crippen LogP contribution is -2.39. The number of carbonyl (C=O) groups is 2. The van der Waals surface area contributed by atoms with E-state index in [0.717, 1.165) is 33.3 Å². The number of aryl methyl sites for hydroxylation is 3. The number of nitrogens with zero attached hydrogens (tertiary/aromatic N) is 2. The number of amides is 3. The first-order valence-electron chi connectivity index (χ1n) is 10.5. The van der Waals surface area contributed by atoms with Gasteiger partial charge in [0.15, 0.2) is 0 Å². The second-order valence-electron chi connectivity index (χ2n) is 7.91. The maximum absolute atomic E-state index is 13.1. The van der Waals surface area contributed by atoms with E-state index in [0.29, 0.717) is 24.3 Å². The minimum absolute atomic E-state index is 0.183. The highest BCUT2D eigenvalue weighted by molar-refractivity contribution is 7.99. The highest BCUT2D eigenvalue weighted by atomic mass is 32.2. The second-order valence-corrected chi connectivity index (χ2v) is 9.00. The molecular formula is C25H26N4O2S. The summed E-state index contributed by atoms with van der Waals surface area (Å²) in [7, 11) is 0. The van der Waals surface area contributed by atoms with Crippen LogP contribution in [0.2, 0.25) is 0 Å². The number of anilines is 2. The molecule has 4 rings (SSSR count). The molecule has 0 bridgehead atoms. The van der Waals surface area contributed by atoms with Crippen LogP contribution in [0, 0.1) is 20.8 Å². The van der Waals surface area contributed by atoms with Gasteiger partial charge in [-0.3, -0.25) is 9.69 Å². The van der Waals surface area contributed by atoms with E-state index in [2.05, 4.69) is 15.6 Å². The van der Waals surface area contributed by atoms with E-state index in [4.69, 9.17) is 0 Å². The first-order valence-corrected chi connectivity index (χ1v) is 11.5. The Kier molecular flexibility index (Phi) is 6.46. The van der Waals surface area contributed by atoms with Crippen LogP contribution in [0.15, 0.2) is 59.6 Å². The largest absolute Gasteiger partial charge is 0.348 e. The highest BCUT2D eigenvalue weighted by Crippen LogP contribution is 2.36. The summed E-state index contributed by atoms with van der Waals surface area (Å²) in [5.41, 5.74) is 6.12. The van der Waals surface area contributed by atoms with Crippen molar-refractivity contribution in [2.45, 2.75) is 32.3 Å². The molecule has 3 amide bonds. The van der Waals surface area contributed by atoms with Gasteiger partial charge in [0.25, 0.3) is 5.91 Å². The minimum atomic E-state index is -0.225. The number of hydrogen-bond acceptors (Lipinski definition) is 4. The molecule has 0 atom stereocenters. The van der Waals surface area contributed by atoms with Crippen LogP contribution in [-0.2, 0) is 6.54 Å². The molecule has 6 nitrogen and oxygen atoms in total. The molecule has 0 aliphatic carbocycles. The third-order valence-corrected chi connectivity index (χ3v) is 6.24. The molecule has 0 fully saturated rings. The Morgan fingerprint density at radius 1 is 1.06 bits per heavy atom. The van der Waals surface area contributed by atoms with Gasteiger partial charge < -0.3 is 10.6 Å². The number of hydrogen-bond donors (Lipinski definition) is 2. The molecule has 0 unspecified atom stereocenters. The summed E-state index contributed by atoms with van der Waals surface area (Å²) in [6.07, 6.45) is 0. The zero-order valence-electron chi connectivity index (χ0n) is 18.4. The summed E-state index contributed by atoms with van der Waals surface area (Å²) >= 11 is 1.67. The Morgan fingerprint density at radius 3 is 2.62 bits per heavy atom. The number of aromatic nitrogens is 1. The standard InChI is InChI=1S/C25H26N4O2S/c1-16-7-9-19(10-8-16)15-26-23(30)20-5-4-6-21(14-20)28-25(31)29-11-12-32-24-22(29)17(2)13-18(3)27-24/h4-10,13-14H,11-12,15H2,1-3H3,(H,26,30)(H,28,31). The van der Waals surface area contributed by atoms with E-state index < -0.39 is 0 Å². The van der Waals surface area contributed by atoms with Crippen molar-refractivity contribution >= 4 is 35.1 Å². The van der Waals surface area contributed by atoms with Crippen LogP contribution in [0.25, 0.3) is 0 Å². The van der Waals surface area contributed by atoms with Crippen LogP contribution < -0.4 is 15.5 Å². The van der Waals surface area contributed by atoms with Crippen LogP contribution in [-0.4, -0.2) is 29.2 Å². The van der Waals surface area contributed by atoms with E-state index in [1.54, 1.807) is 40.9 Å². The Morgan fingerprint density at radius 2 is 1.84 bits per heavy atom. The maximum Gasteiger partial charge on any atom is 0.326 e. The van der Waals surface area contributed by atoms with Gasteiger partial charge in [-0.2, -0.15) is 0 Å². The molecule has 0 spiro atoms. The van der Waals surface area contributed by atoms with E-state index in [1.165, 1.54) is 5.56 Å². The number of nitrogens with one attached hydrogen (secondary N) is 2. The molecule has 32 heavy (non-hydrogen) atoms. The summed E-state index contributed by atoms with van der Waals surface area (Å²) in [5.74, 6) is 0.606.